The Balaban J connectivity index is 1.68. The predicted molar refractivity (Wildman–Crippen MR) is 141 cm³/mol. The Bertz CT molecular complexity index is 1090. The van der Waals surface area contributed by atoms with Gasteiger partial charge >= 0.3 is 0 Å². The summed E-state index contributed by atoms with van der Waals surface area (Å²) < 4.78 is 17.6. The summed E-state index contributed by atoms with van der Waals surface area (Å²) in [5, 5.41) is 11.3. The van der Waals surface area contributed by atoms with E-state index >= 15 is 0 Å². The van der Waals surface area contributed by atoms with Gasteiger partial charge in [0.15, 0.2) is 23.0 Å². The van der Waals surface area contributed by atoms with Crippen molar-refractivity contribution in [2.45, 2.75) is 23.5 Å². The number of phenolic OH excluding ortho intramolecular Hbond substituents is 1. The van der Waals surface area contributed by atoms with Gasteiger partial charge in [-0.2, -0.15) is 0 Å². The minimum atomic E-state index is -0.337. The standard InChI is InChI=1S/C26H27BrO4S2/c1-29-23-14-19(21(27)15-24(23)30-2)16-26(32-12-7-13-33-26)20-10-6-11-22(25(20)28)31-17-18-8-4-3-5-9-18/h3-6,8-11,14-15,28H,7,12-13,16-17H2,1-2H3. The summed E-state index contributed by atoms with van der Waals surface area (Å²) in [6.07, 6.45) is 1.87. The van der Waals surface area contributed by atoms with Crippen LogP contribution in [0.15, 0.2) is 65.1 Å². The lowest BCUT2D eigenvalue weighted by Gasteiger charge is -2.37. The number of halogens is 1. The van der Waals surface area contributed by atoms with Crippen molar-refractivity contribution >= 4 is 39.5 Å². The minimum absolute atomic E-state index is 0.215. The molecule has 0 aliphatic carbocycles. The molecule has 33 heavy (non-hydrogen) atoms. The zero-order valence-electron chi connectivity index (χ0n) is 18.7. The molecule has 0 saturated carbocycles. The molecule has 0 spiro atoms. The van der Waals surface area contributed by atoms with Crippen molar-refractivity contribution in [3.8, 4) is 23.0 Å². The zero-order chi connectivity index (χ0) is 23.3. The van der Waals surface area contributed by atoms with E-state index in [1.54, 1.807) is 14.2 Å². The lowest BCUT2D eigenvalue weighted by molar-refractivity contribution is 0.287. The molecule has 0 radical (unpaired) electrons. The molecule has 0 unspecified atom stereocenters. The molecule has 0 amide bonds. The summed E-state index contributed by atoms with van der Waals surface area (Å²) >= 11 is 7.48. The third kappa shape index (κ3) is 5.42. The Morgan fingerprint density at radius 2 is 1.61 bits per heavy atom. The molecule has 0 bridgehead atoms. The van der Waals surface area contributed by atoms with Crippen LogP contribution in [0.25, 0.3) is 0 Å². The van der Waals surface area contributed by atoms with Gasteiger partial charge in [0.1, 0.15) is 6.61 Å². The molecule has 0 aromatic heterocycles. The van der Waals surface area contributed by atoms with E-state index in [2.05, 4.69) is 15.9 Å². The van der Waals surface area contributed by atoms with E-state index in [1.807, 2.05) is 84.2 Å². The molecule has 1 N–H and O–H groups in total. The molecule has 3 aromatic rings. The first-order valence-corrected chi connectivity index (χ1v) is 13.5. The largest absolute Gasteiger partial charge is 0.504 e. The van der Waals surface area contributed by atoms with Crippen molar-refractivity contribution in [1.29, 1.82) is 0 Å². The van der Waals surface area contributed by atoms with Gasteiger partial charge in [0.2, 0.25) is 0 Å². The van der Waals surface area contributed by atoms with Gasteiger partial charge in [-0.3, -0.25) is 0 Å². The Kier molecular flexibility index (Phi) is 8.04. The average Bonchev–Trinajstić information content (AvgIpc) is 2.85. The molecule has 0 atom stereocenters. The van der Waals surface area contributed by atoms with Crippen molar-refractivity contribution in [2.24, 2.45) is 0 Å². The van der Waals surface area contributed by atoms with Crippen molar-refractivity contribution < 1.29 is 19.3 Å². The third-order valence-electron chi connectivity index (χ3n) is 5.58. The molecule has 174 valence electrons. The van der Waals surface area contributed by atoms with E-state index in [4.69, 9.17) is 14.2 Å². The summed E-state index contributed by atoms with van der Waals surface area (Å²) in [4.78, 5) is 0. The summed E-state index contributed by atoms with van der Waals surface area (Å²) in [6.45, 7) is 0.409. The summed E-state index contributed by atoms with van der Waals surface area (Å²) in [5.41, 5.74) is 3.06. The molecular weight excluding hydrogens is 520 g/mol. The van der Waals surface area contributed by atoms with Gasteiger partial charge in [0.05, 0.1) is 18.3 Å². The molecular formula is C26H27BrO4S2. The number of thioether (sulfide) groups is 2. The van der Waals surface area contributed by atoms with Crippen molar-refractivity contribution in [3.63, 3.8) is 0 Å². The van der Waals surface area contributed by atoms with Crippen molar-refractivity contribution in [1.82, 2.24) is 0 Å². The zero-order valence-corrected chi connectivity index (χ0v) is 21.9. The first-order valence-electron chi connectivity index (χ1n) is 10.7. The number of hydrogen-bond acceptors (Lipinski definition) is 6. The van der Waals surface area contributed by atoms with E-state index in [0.717, 1.165) is 45.5 Å². The number of benzene rings is 3. The summed E-state index contributed by atoms with van der Waals surface area (Å²) in [7, 11) is 3.28. The van der Waals surface area contributed by atoms with Gasteiger partial charge in [-0.1, -0.05) is 58.4 Å². The van der Waals surface area contributed by atoms with Crippen LogP contribution in [-0.2, 0) is 17.1 Å². The molecule has 7 heteroatoms. The Labute approximate surface area is 212 Å². The third-order valence-corrected chi connectivity index (χ3v) is 9.67. The first kappa shape index (κ1) is 24.2. The highest BCUT2D eigenvalue weighted by molar-refractivity contribution is 9.10. The van der Waals surface area contributed by atoms with Crippen LogP contribution in [0, 0.1) is 0 Å². The molecule has 1 saturated heterocycles. The second-order valence-corrected chi connectivity index (χ2v) is 11.6. The van der Waals surface area contributed by atoms with Crippen molar-refractivity contribution in [2.75, 3.05) is 25.7 Å². The van der Waals surface area contributed by atoms with Gasteiger partial charge in [-0.25, -0.2) is 0 Å². The maximum absolute atomic E-state index is 11.3. The van der Waals surface area contributed by atoms with E-state index in [9.17, 15) is 5.11 Å². The lowest BCUT2D eigenvalue weighted by Crippen LogP contribution is -2.26. The molecule has 1 fully saturated rings. The average molecular weight is 548 g/mol. The predicted octanol–water partition coefficient (Wildman–Crippen LogP) is 7.02. The fourth-order valence-corrected chi connectivity index (χ4v) is 7.76. The Morgan fingerprint density at radius 3 is 2.30 bits per heavy atom. The van der Waals surface area contributed by atoms with E-state index in [1.165, 1.54) is 0 Å². The smallest absolute Gasteiger partial charge is 0.163 e. The van der Waals surface area contributed by atoms with Gasteiger partial charge in [0.25, 0.3) is 0 Å². The molecule has 4 rings (SSSR count). The first-order chi connectivity index (χ1) is 16.1. The van der Waals surface area contributed by atoms with Gasteiger partial charge in [0, 0.05) is 16.5 Å². The van der Waals surface area contributed by atoms with Crippen LogP contribution < -0.4 is 14.2 Å². The number of aromatic hydroxyl groups is 1. The molecule has 1 aliphatic heterocycles. The molecule has 1 aliphatic rings. The van der Waals surface area contributed by atoms with Crippen LogP contribution in [0.2, 0.25) is 0 Å². The van der Waals surface area contributed by atoms with Gasteiger partial charge in [-0.05, 0) is 47.3 Å². The van der Waals surface area contributed by atoms with Gasteiger partial charge < -0.3 is 19.3 Å². The Hall–Kier alpha value is -1.96. The second-order valence-electron chi connectivity index (χ2n) is 7.71. The minimum Gasteiger partial charge on any atom is -0.504 e. The van der Waals surface area contributed by atoms with Crippen LogP contribution in [0.3, 0.4) is 0 Å². The highest BCUT2D eigenvalue weighted by Gasteiger charge is 2.39. The van der Waals surface area contributed by atoms with Crippen LogP contribution in [-0.4, -0.2) is 30.8 Å². The van der Waals surface area contributed by atoms with Gasteiger partial charge in [-0.15, -0.1) is 23.5 Å². The lowest BCUT2D eigenvalue weighted by atomic mass is 10.0. The van der Waals surface area contributed by atoms with E-state index in [0.29, 0.717) is 23.9 Å². The maximum Gasteiger partial charge on any atom is 0.163 e. The highest BCUT2D eigenvalue weighted by atomic mass is 79.9. The van der Waals surface area contributed by atoms with E-state index in [-0.39, 0.29) is 9.83 Å². The number of hydrogen-bond donors (Lipinski definition) is 1. The SMILES string of the molecule is COc1cc(Br)c(CC2(c3cccc(OCc4ccccc4)c3O)SCCCS2)cc1OC. The number of phenols is 1. The van der Waals surface area contributed by atoms with E-state index < -0.39 is 0 Å². The normalized spacial score (nSPS) is 15.1. The maximum atomic E-state index is 11.3. The summed E-state index contributed by atoms with van der Waals surface area (Å²) in [6, 6.07) is 19.8. The molecule has 3 aromatic carbocycles. The monoisotopic (exact) mass is 546 g/mol. The van der Waals surface area contributed by atoms with Crippen LogP contribution >= 0.6 is 39.5 Å². The fraction of sp³-hybridized carbons (Fsp3) is 0.308. The molecule has 1 heterocycles. The highest BCUT2D eigenvalue weighted by Crippen LogP contribution is 2.56. The summed E-state index contributed by atoms with van der Waals surface area (Å²) in [5.74, 6) is 4.17. The Morgan fingerprint density at radius 1 is 0.909 bits per heavy atom. The van der Waals surface area contributed by atoms with Crippen LogP contribution in [0.5, 0.6) is 23.0 Å². The van der Waals surface area contributed by atoms with Crippen molar-refractivity contribution in [3.05, 3.63) is 81.8 Å². The fourth-order valence-electron chi connectivity index (χ4n) is 3.89. The number of para-hydroxylation sites is 1. The number of rotatable bonds is 8. The second kappa shape index (κ2) is 11.0. The van der Waals surface area contributed by atoms with Crippen LogP contribution in [0.1, 0.15) is 23.1 Å². The number of methoxy groups -OCH3 is 2. The molecule has 4 nitrogen and oxygen atoms in total. The number of ether oxygens (including phenoxy) is 3. The topological polar surface area (TPSA) is 47.9 Å². The van der Waals surface area contributed by atoms with Crippen LogP contribution in [0.4, 0.5) is 0 Å². The quantitative estimate of drug-likeness (QED) is 0.327.